The molecule has 1 aromatic rings. The molecule has 0 saturated carbocycles. The molecule has 0 aliphatic heterocycles. The monoisotopic (exact) mass is 338 g/mol. The molecule has 5 nitrogen and oxygen atoms in total. The Morgan fingerprint density at radius 3 is 1.95 bits per heavy atom. The van der Waals surface area contributed by atoms with Crippen molar-refractivity contribution in [1.29, 1.82) is 0 Å². The van der Waals surface area contributed by atoms with Crippen molar-refractivity contribution in [2.24, 2.45) is 0 Å². The highest BCUT2D eigenvalue weighted by atomic mass is 32.2. The molecule has 0 spiro atoms. The lowest BCUT2D eigenvalue weighted by Crippen LogP contribution is -2.24. The van der Waals surface area contributed by atoms with Crippen LogP contribution in [0, 0.1) is 0 Å². The van der Waals surface area contributed by atoms with Crippen LogP contribution in [0.25, 0.3) is 0 Å². The minimum Gasteiger partial charge on any atom is -0.478 e. The summed E-state index contributed by atoms with van der Waals surface area (Å²) in [5.41, 5.74) is -6.92. The Balaban J connectivity index is 3.51. The highest BCUT2D eigenvalue weighted by molar-refractivity contribution is 7.92. The third-order valence-corrected chi connectivity index (χ3v) is 3.44. The fourth-order valence-electron chi connectivity index (χ4n) is 1.18. The molecule has 0 aliphatic carbocycles. The molecule has 0 saturated heterocycles. The lowest BCUT2D eigenvalue weighted by atomic mass is 10.2. The molecular weight excluding hydrogens is 334 g/mol. The van der Waals surface area contributed by atoms with Gasteiger partial charge in [0.05, 0.1) is 10.5 Å². The van der Waals surface area contributed by atoms with E-state index in [1.165, 1.54) is 0 Å². The van der Waals surface area contributed by atoms with E-state index in [4.69, 9.17) is 5.11 Å². The molecule has 1 aromatic carbocycles. The van der Waals surface area contributed by atoms with Crippen molar-refractivity contribution in [2.75, 3.05) is 0 Å². The predicted molar refractivity (Wildman–Crippen MR) is 53.3 cm³/mol. The second kappa shape index (κ2) is 5.09. The van der Waals surface area contributed by atoms with E-state index in [9.17, 15) is 39.6 Å². The Kier molecular flexibility index (Phi) is 4.14. The van der Waals surface area contributed by atoms with Crippen LogP contribution in [0.1, 0.15) is 10.4 Å². The zero-order chi connectivity index (χ0) is 16.6. The Morgan fingerprint density at radius 2 is 1.57 bits per heavy atom. The van der Waals surface area contributed by atoms with E-state index in [0.717, 1.165) is 0 Å². The van der Waals surface area contributed by atoms with Crippen LogP contribution in [0.5, 0.6) is 5.75 Å². The molecule has 0 aromatic heterocycles. The van der Waals surface area contributed by atoms with Crippen LogP contribution in [-0.4, -0.2) is 31.4 Å². The lowest BCUT2D eigenvalue weighted by Gasteiger charge is -2.13. The van der Waals surface area contributed by atoms with Crippen molar-refractivity contribution in [2.45, 2.75) is 16.8 Å². The highest BCUT2D eigenvalue weighted by Gasteiger charge is 2.47. The molecule has 0 bridgehead atoms. The first kappa shape index (κ1) is 17.1. The van der Waals surface area contributed by atoms with Gasteiger partial charge in [0.15, 0.2) is 0 Å². The van der Waals surface area contributed by atoms with E-state index < -0.39 is 43.9 Å². The number of hydrogen-bond donors (Lipinski definition) is 1. The molecule has 21 heavy (non-hydrogen) atoms. The first-order valence-corrected chi connectivity index (χ1v) is 6.18. The van der Waals surface area contributed by atoms with Gasteiger partial charge in [0.25, 0.3) is 9.84 Å². The normalized spacial score (nSPS) is 13.0. The fourth-order valence-corrected chi connectivity index (χ4v) is 2.00. The molecule has 12 heteroatoms. The van der Waals surface area contributed by atoms with Gasteiger partial charge in [0.1, 0.15) is 5.75 Å². The van der Waals surface area contributed by atoms with E-state index in [0.29, 0.717) is 0 Å². The van der Waals surface area contributed by atoms with Crippen molar-refractivity contribution in [3.63, 3.8) is 0 Å². The number of benzene rings is 1. The van der Waals surface area contributed by atoms with E-state index in [-0.39, 0.29) is 18.2 Å². The number of halogens is 6. The van der Waals surface area contributed by atoms with E-state index in [1.807, 2.05) is 0 Å². The standard InChI is InChI=1S/C9H4F6O5S/c10-8(11,12)20-5-1-4(7(16)17)2-6(3-5)21(18,19)9(13,14)15/h1-3H,(H,16,17). The summed E-state index contributed by atoms with van der Waals surface area (Å²) in [5, 5.41) is 8.59. The minimum atomic E-state index is -6.02. The Labute approximate surface area is 112 Å². The third kappa shape index (κ3) is 4.00. The number of rotatable bonds is 3. The number of hydrogen-bond acceptors (Lipinski definition) is 4. The van der Waals surface area contributed by atoms with Gasteiger partial charge in [0, 0.05) is 0 Å². The summed E-state index contributed by atoms with van der Waals surface area (Å²) in [6.45, 7) is 0. The van der Waals surface area contributed by atoms with Crippen molar-refractivity contribution < 1.29 is 49.4 Å². The number of carbonyl (C=O) groups is 1. The number of carboxylic acids is 1. The highest BCUT2D eigenvalue weighted by Crippen LogP contribution is 2.34. The van der Waals surface area contributed by atoms with Gasteiger partial charge in [-0.05, 0) is 18.2 Å². The summed E-state index contributed by atoms with van der Waals surface area (Å²) in [6.07, 6.45) is -5.34. The maximum atomic E-state index is 12.3. The van der Waals surface area contributed by atoms with Crippen LogP contribution in [0.15, 0.2) is 23.1 Å². The van der Waals surface area contributed by atoms with Crippen molar-refractivity contribution in [3.8, 4) is 5.75 Å². The lowest BCUT2D eigenvalue weighted by molar-refractivity contribution is -0.274. The largest absolute Gasteiger partial charge is 0.573 e. The number of ether oxygens (including phenoxy) is 1. The van der Waals surface area contributed by atoms with Crippen LogP contribution in [0.3, 0.4) is 0 Å². The van der Waals surface area contributed by atoms with Crippen LogP contribution >= 0.6 is 0 Å². The Hall–Kier alpha value is -1.98. The molecule has 0 fully saturated rings. The van der Waals surface area contributed by atoms with Crippen LogP contribution < -0.4 is 4.74 Å². The second-order valence-electron chi connectivity index (χ2n) is 3.50. The van der Waals surface area contributed by atoms with Gasteiger partial charge in [-0.1, -0.05) is 0 Å². The third-order valence-electron chi connectivity index (χ3n) is 1.98. The summed E-state index contributed by atoms with van der Waals surface area (Å²) in [5.74, 6) is -3.33. The molecular formula is C9H4F6O5S. The zero-order valence-electron chi connectivity index (χ0n) is 9.49. The summed E-state index contributed by atoms with van der Waals surface area (Å²) in [6, 6.07) is 0.252. The van der Waals surface area contributed by atoms with E-state index in [2.05, 4.69) is 4.74 Å². The Morgan fingerprint density at radius 1 is 1.05 bits per heavy atom. The van der Waals surface area contributed by atoms with Gasteiger partial charge in [-0.3, -0.25) is 0 Å². The van der Waals surface area contributed by atoms with Gasteiger partial charge in [-0.25, -0.2) is 13.2 Å². The summed E-state index contributed by atoms with van der Waals surface area (Å²) in [4.78, 5) is 8.96. The average Bonchev–Trinajstić information content (AvgIpc) is 2.24. The molecule has 1 N–H and O–H groups in total. The minimum absolute atomic E-state index is 0.0667. The zero-order valence-corrected chi connectivity index (χ0v) is 10.3. The van der Waals surface area contributed by atoms with Gasteiger partial charge in [-0.15, -0.1) is 13.2 Å². The van der Waals surface area contributed by atoms with E-state index >= 15 is 0 Å². The smallest absolute Gasteiger partial charge is 0.478 e. The van der Waals surface area contributed by atoms with Gasteiger partial charge < -0.3 is 9.84 Å². The van der Waals surface area contributed by atoms with Crippen LogP contribution in [0.4, 0.5) is 26.3 Å². The summed E-state index contributed by atoms with van der Waals surface area (Å²) in [7, 11) is -6.02. The molecule has 118 valence electrons. The number of aromatic carboxylic acids is 1. The van der Waals surface area contributed by atoms with Crippen LogP contribution in [0.2, 0.25) is 0 Å². The first-order chi connectivity index (χ1) is 9.24. The van der Waals surface area contributed by atoms with E-state index in [1.54, 1.807) is 0 Å². The maximum Gasteiger partial charge on any atom is 0.573 e. The molecule has 0 atom stereocenters. The van der Waals surface area contributed by atoms with Crippen molar-refractivity contribution in [1.82, 2.24) is 0 Å². The maximum absolute atomic E-state index is 12.3. The Bertz CT molecular complexity index is 660. The molecule has 0 amide bonds. The number of carboxylic acid groups (broad SMARTS) is 1. The molecule has 0 heterocycles. The van der Waals surface area contributed by atoms with Crippen molar-refractivity contribution in [3.05, 3.63) is 23.8 Å². The topological polar surface area (TPSA) is 80.7 Å². The molecule has 1 rings (SSSR count). The summed E-state index contributed by atoms with van der Waals surface area (Å²) < 4.78 is 98.4. The molecule has 0 radical (unpaired) electrons. The number of alkyl halides is 6. The van der Waals surface area contributed by atoms with Crippen LogP contribution in [-0.2, 0) is 9.84 Å². The SMILES string of the molecule is O=C(O)c1cc(OC(F)(F)F)cc(S(=O)(=O)C(F)(F)F)c1. The van der Waals surface area contributed by atoms with Crippen molar-refractivity contribution >= 4 is 15.8 Å². The molecule has 0 unspecified atom stereocenters. The fraction of sp³-hybridized carbons (Fsp3) is 0.222. The van der Waals surface area contributed by atoms with Gasteiger partial charge in [-0.2, -0.15) is 13.2 Å². The summed E-state index contributed by atoms with van der Waals surface area (Å²) >= 11 is 0. The number of sulfone groups is 1. The average molecular weight is 338 g/mol. The van der Waals surface area contributed by atoms with Gasteiger partial charge >= 0.3 is 17.8 Å². The first-order valence-electron chi connectivity index (χ1n) is 4.69. The quantitative estimate of drug-likeness (QED) is 0.857. The second-order valence-corrected chi connectivity index (χ2v) is 5.44. The van der Waals surface area contributed by atoms with Gasteiger partial charge in [0.2, 0.25) is 0 Å². The predicted octanol–water partition coefficient (Wildman–Crippen LogP) is 2.58. The molecule has 0 aliphatic rings.